The largest absolute Gasteiger partial charge is 0.481 e. The van der Waals surface area contributed by atoms with Crippen LogP contribution in [0.25, 0.3) is 0 Å². The number of esters is 1. The molecule has 0 aliphatic carbocycles. The van der Waals surface area contributed by atoms with Crippen molar-refractivity contribution < 1.29 is 23.8 Å². The predicted molar refractivity (Wildman–Crippen MR) is 79.6 cm³/mol. The number of aliphatic carboxylic acids is 1. The highest BCUT2D eigenvalue weighted by Gasteiger charge is 2.30. The van der Waals surface area contributed by atoms with Crippen LogP contribution in [-0.4, -0.2) is 42.1 Å². The van der Waals surface area contributed by atoms with E-state index in [1.165, 1.54) is 7.11 Å². The molecule has 1 fully saturated rings. The van der Waals surface area contributed by atoms with Gasteiger partial charge in [0, 0.05) is 19.5 Å². The third-order valence-electron chi connectivity index (χ3n) is 4.05. The van der Waals surface area contributed by atoms with Gasteiger partial charge in [-0.15, -0.1) is 0 Å². The zero-order valence-electron chi connectivity index (χ0n) is 13.3. The summed E-state index contributed by atoms with van der Waals surface area (Å²) in [5.41, 5.74) is 0.458. The van der Waals surface area contributed by atoms with Crippen molar-refractivity contribution in [3.8, 4) is 0 Å². The minimum absolute atomic E-state index is 0.329. The van der Waals surface area contributed by atoms with E-state index in [0.717, 1.165) is 6.54 Å². The van der Waals surface area contributed by atoms with E-state index in [9.17, 15) is 14.7 Å². The number of carbonyl (C=O) groups is 2. The predicted octanol–water partition coefficient (Wildman–Crippen LogP) is 2.17. The number of furan rings is 1. The molecule has 1 aromatic rings. The summed E-state index contributed by atoms with van der Waals surface area (Å²) in [6.45, 7) is 5.83. The molecule has 0 bridgehead atoms. The molecule has 22 heavy (non-hydrogen) atoms. The van der Waals surface area contributed by atoms with Gasteiger partial charge in [0.05, 0.1) is 19.6 Å². The zero-order valence-corrected chi connectivity index (χ0v) is 13.3. The molecule has 6 heteroatoms. The van der Waals surface area contributed by atoms with Gasteiger partial charge in [-0.2, -0.15) is 0 Å². The van der Waals surface area contributed by atoms with Gasteiger partial charge in [0.1, 0.15) is 17.1 Å². The molecule has 2 rings (SSSR count). The van der Waals surface area contributed by atoms with Crippen molar-refractivity contribution in [3.05, 3.63) is 23.2 Å². The van der Waals surface area contributed by atoms with E-state index in [1.807, 2.05) is 6.92 Å². The Kier molecular flexibility index (Phi) is 5.24. The van der Waals surface area contributed by atoms with Gasteiger partial charge in [-0.05, 0) is 18.4 Å². The van der Waals surface area contributed by atoms with E-state index in [4.69, 9.17) is 9.15 Å². The normalized spacial score (nSPS) is 22.5. The molecule has 6 nitrogen and oxygen atoms in total. The van der Waals surface area contributed by atoms with E-state index >= 15 is 0 Å². The van der Waals surface area contributed by atoms with E-state index in [1.54, 1.807) is 6.07 Å². The number of carbonyl (C=O) groups excluding carboxylic acids is 1. The van der Waals surface area contributed by atoms with Gasteiger partial charge in [0.25, 0.3) is 0 Å². The van der Waals surface area contributed by atoms with Crippen LogP contribution in [-0.2, 0) is 22.5 Å². The fourth-order valence-corrected chi connectivity index (χ4v) is 3.10. The van der Waals surface area contributed by atoms with Crippen molar-refractivity contribution in [1.82, 2.24) is 4.90 Å². The number of ether oxygens (including phenoxy) is 1. The van der Waals surface area contributed by atoms with Crippen LogP contribution in [0, 0.1) is 11.8 Å². The molecule has 1 saturated heterocycles. The quantitative estimate of drug-likeness (QED) is 0.840. The van der Waals surface area contributed by atoms with Crippen molar-refractivity contribution in [2.75, 3.05) is 20.2 Å². The van der Waals surface area contributed by atoms with Crippen molar-refractivity contribution in [2.45, 2.75) is 33.2 Å². The molecule has 1 N–H and O–H groups in total. The minimum atomic E-state index is -0.750. The lowest BCUT2D eigenvalue weighted by Crippen LogP contribution is -2.41. The molecule has 0 radical (unpaired) electrons. The number of nitrogens with zero attached hydrogens (tertiary/aromatic N) is 1. The first-order chi connectivity index (χ1) is 10.4. The Morgan fingerprint density at radius 1 is 1.45 bits per heavy atom. The summed E-state index contributed by atoms with van der Waals surface area (Å²) in [6, 6.07) is 1.71. The minimum Gasteiger partial charge on any atom is -0.481 e. The summed E-state index contributed by atoms with van der Waals surface area (Å²) in [7, 11) is 1.35. The standard InChI is InChI=1S/C16H23NO5/c1-4-14-13(16(20)21-3)6-12(22-14)9-17-7-10(2)5-11(8-17)15(18)19/h6,10-11H,4-5,7-9H2,1-3H3,(H,18,19). The van der Waals surface area contributed by atoms with E-state index in [0.29, 0.717) is 48.9 Å². The van der Waals surface area contributed by atoms with Gasteiger partial charge in [0.2, 0.25) is 0 Å². The first-order valence-electron chi connectivity index (χ1n) is 7.59. The Labute approximate surface area is 130 Å². The molecule has 2 atom stereocenters. The Morgan fingerprint density at radius 3 is 2.77 bits per heavy atom. The van der Waals surface area contributed by atoms with Crippen molar-refractivity contribution in [2.24, 2.45) is 11.8 Å². The van der Waals surface area contributed by atoms with Crippen molar-refractivity contribution in [1.29, 1.82) is 0 Å². The number of hydrogen-bond donors (Lipinski definition) is 1. The number of aryl methyl sites for hydroxylation is 1. The van der Waals surface area contributed by atoms with Crippen LogP contribution in [0.2, 0.25) is 0 Å². The molecular weight excluding hydrogens is 286 g/mol. The number of carboxylic acid groups (broad SMARTS) is 1. The third-order valence-corrected chi connectivity index (χ3v) is 4.05. The number of likely N-dealkylation sites (tertiary alicyclic amines) is 1. The maximum atomic E-state index is 11.7. The van der Waals surface area contributed by atoms with Crippen LogP contribution < -0.4 is 0 Å². The Hall–Kier alpha value is -1.82. The highest BCUT2D eigenvalue weighted by atomic mass is 16.5. The number of methoxy groups -OCH3 is 1. The Bertz CT molecular complexity index is 551. The third kappa shape index (κ3) is 3.68. The van der Waals surface area contributed by atoms with Crippen LogP contribution in [0.4, 0.5) is 0 Å². The second-order valence-corrected chi connectivity index (χ2v) is 5.96. The van der Waals surface area contributed by atoms with Crippen LogP contribution in [0.3, 0.4) is 0 Å². The average Bonchev–Trinajstić information content (AvgIpc) is 2.88. The van der Waals surface area contributed by atoms with Crippen molar-refractivity contribution >= 4 is 11.9 Å². The number of carboxylic acids is 1. The molecule has 2 unspecified atom stereocenters. The molecule has 1 aliphatic heterocycles. The molecule has 0 spiro atoms. The average molecular weight is 309 g/mol. The maximum Gasteiger partial charge on any atom is 0.341 e. The number of hydrogen-bond acceptors (Lipinski definition) is 5. The second kappa shape index (κ2) is 6.96. The molecule has 2 heterocycles. The summed E-state index contributed by atoms with van der Waals surface area (Å²) in [5.74, 6) is 0.125. The van der Waals surface area contributed by atoms with Gasteiger partial charge < -0.3 is 14.3 Å². The fourth-order valence-electron chi connectivity index (χ4n) is 3.10. The lowest BCUT2D eigenvalue weighted by atomic mass is 9.90. The summed E-state index contributed by atoms with van der Waals surface area (Å²) >= 11 is 0. The second-order valence-electron chi connectivity index (χ2n) is 5.96. The smallest absolute Gasteiger partial charge is 0.341 e. The zero-order chi connectivity index (χ0) is 16.3. The molecule has 1 aliphatic rings. The van der Waals surface area contributed by atoms with Crippen LogP contribution >= 0.6 is 0 Å². The van der Waals surface area contributed by atoms with E-state index < -0.39 is 11.9 Å². The molecule has 0 aromatic carbocycles. The van der Waals surface area contributed by atoms with Crippen molar-refractivity contribution in [3.63, 3.8) is 0 Å². The SMILES string of the molecule is CCc1oc(CN2CC(C)CC(C(=O)O)C2)cc1C(=O)OC. The number of rotatable bonds is 5. The Morgan fingerprint density at radius 2 is 2.18 bits per heavy atom. The van der Waals surface area contributed by atoms with E-state index in [2.05, 4.69) is 11.8 Å². The van der Waals surface area contributed by atoms with E-state index in [-0.39, 0.29) is 5.92 Å². The van der Waals surface area contributed by atoms with Gasteiger partial charge in [-0.3, -0.25) is 9.69 Å². The van der Waals surface area contributed by atoms with Gasteiger partial charge in [0.15, 0.2) is 0 Å². The number of piperidine rings is 1. The molecular formula is C16H23NO5. The Balaban J connectivity index is 2.11. The van der Waals surface area contributed by atoms with Crippen LogP contribution in [0.5, 0.6) is 0 Å². The lowest BCUT2D eigenvalue weighted by Gasteiger charge is -2.34. The molecule has 0 amide bonds. The molecule has 0 saturated carbocycles. The molecule has 122 valence electrons. The van der Waals surface area contributed by atoms with Gasteiger partial charge in [-0.1, -0.05) is 13.8 Å². The maximum absolute atomic E-state index is 11.7. The highest BCUT2D eigenvalue weighted by molar-refractivity contribution is 5.90. The lowest BCUT2D eigenvalue weighted by molar-refractivity contribution is -0.144. The highest BCUT2D eigenvalue weighted by Crippen LogP contribution is 2.25. The first kappa shape index (κ1) is 16.5. The van der Waals surface area contributed by atoms with Crippen LogP contribution in [0.1, 0.15) is 42.1 Å². The van der Waals surface area contributed by atoms with Gasteiger partial charge in [-0.25, -0.2) is 4.79 Å². The summed E-state index contributed by atoms with van der Waals surface area (Å²) in [4.78, 5) is 25.0. The van der Waals surface area contributed by atoms with Gasteiger partial charge >= 0.3 is 11.9 Å². The summed E-state index contributed by atoms with van der Waals surface area (Å²) in [5, 5.41) is 9.22. The fraction of sp³-hybridized carbons (Fsp3) is 0.625. The summed E-state index contributed by atoms with van der Waals surface area (Å²) in [6.07, 6.45) is 1.32. The first-order valence-corrected chi connectivity index (χ1v) is 7.59. The topological polar surface area (TPSA) is 80.0 Å². The molecule has 1 aromatic heterocycles. The van der Waals surface area contributed by atoms with Crippen LogP contribution in [0.15, 0.2) is 10.5 Å². The summed E-state index contributed by atoms with van der Waals surface area (Å²) < 4.78 is 10.5. The monoisotopic (exact) mass is 309 g/mol.